The first kappa shape index (κ1) is 9.28. The number of aryl methyl sites for hydroxylation is 1. The Kier molecular flexibility index (Phi) is 2.41. The third kappa shape index (κ3) is 1.65. The summed E-state index contributed by atoms with van der Waals surface area (Å²) in [6.07, 6.45) is 10.0. The van der Waals surface area contributed by atoms with E-state index in [4.69, 9.17) is 0 Å². The van der Waals surface area contributed by atoms with Crippen LogP contribution in [0.15, 0.2) is 12.4 Å². The van der Waals surface area contributed by atoms with Gasteiger partial charge in [-0.1, -0.05) is 0 Å². The van der Waals surface area contributed by atoms with Crippen molar-refractivity contribution < 1.29 is 0 Å². The summed E-state index contributed by atoms with van der Waals surface area (Å²) in [5, 5.41) is 0. The quantitative estimate of drug-likeness (QED) is 0.698. The van der Waals surface area contributed by atoms with Crippen LogP contribution in [0.1, 0.15) is 43.1 Å². The van der Waals surface area contributed by atoms with E-state index >= 15 is 0 Å². The van der Waals surface area contributed by atoms with Crippen LogP contribution in [-0.2, 0) is 6.42 Å². The highest BCUT2D eigenvalue weighted by atomic mass is 15.2. The Bertz CT molecular complexity index is 344. The molecule has 1 atom stereocenters. The minimum Gasteiger partial charge on any atom is -0.295 e. The molecule has 0 radical (unpaired) electrons. The van der Waals surface area contributed by atoms with E-state index in [0.717, 1.165) is 6.42 Å². The van der Waals surface area contributed by atoms with Crippen molar-refractivity contribution in [3.8, 4) is 0 Å². The number of nitrogens with zero attached hydrogens (tertiary/aromatic N) is 3. The first-order valence-corrected chi connectivity index (χ1v) is 5.99. The van der Waals surface area contributed by atoms with Crippen LogP contribution in [0.4, 0.5) is 0 Å². The van der Waals surface area contributed by atoms with Crippen molar-refractivity contribution >= 4 is 0 Å². The van der Waals surface area contributed by atoms with Gasteiger partial charge in [0.25, 0.3) is 0 Å². The highest BCUT2D eigenvalue weighted by Gasteiger charge is 2.29. The lowest BCUT2D eigenvalue weighted by Crippen LogP contribution is -2.29. The average molecular weight is 203 g/mol. The van der Waals surface area contributed by atoms with Crippen molar-refractivity contribution in [2.75, 3.05) is 13.1 Å². The summed E-state index contributed by atoms with van der Waals surface area (Å²) < 4.78 is 0. The molecule has 80 valence electrons. The predicted molar refractivity (Wildman–Crippen MR) is 58.5 cm³/mol. The summed E-state index contributed by atoms with van der Waals surface area (Å²) in [5.74, 6) is 0. The zero-order valence-corrected chi connectivity index (χ0v) is 9.02. The molecule has 1 aliphatic carbocycles. The summed E-state index contributed by atoms with van der Waals surface area (Å²) in [5.41, 5.74) is 2.49. The standard InChI is InChI=1S/C12H17N3/c1-2-9-15(8-1)11-5-3-4-10-12(11)14-7-6-13-10/h6-7,11H,1-5,8-9H2/t11-/m1/s1. The molecule has 3 heteroatoms. The van der Waals surface area contributed by atoms with Gasteiger partial charge in [-0.05, 0) is 45.2 Å². The van der Waals surface area contributed by atoms with Crippen LogP contribution in [-0.4, -0.2) is 28.0 Å². The lowest BCUT2D eigenvalue weighted by molar-refractivity contribution is 0.215. The topological polar surface area (TPSA) is 29.0 Å². The van der Waals surface area contributed by atoms with Gasteiger partial charge in [0, 0.05) is 12.4 Å². The molecule has 2 heterocycles. The molecule has 3 nitrogen and oxygen atoms in total. The maximum Gasteiger partial charge on any atom is 0.0790 e. The van der Waals surface area contributed by atoms with Gasteiger partial charge in [0.15, 0.2) is 0 Å². The van der Waals surface area contributed by atoms with Crippen LogP contribution < -0.4 is 0 Å². The molecule has 2 aliphatic rings. The Morgan fingerprint density at radius 2 is 1.87 bits per heavy atom. The lowest BCUT2D eigenvalue weighted by Gasteiger charge is -2.31. The van der Waals surface area contributed by atoms with Gasteiger partial charge in [-0.2, -0.15) is 0 Å². The zero-order chi connectivity index (χ0) is 10.1. The van der Waals surface area contributed by atoms with E-state index in [-0.39, 0.29) is 0 Å². The van der Waals surface area contributed by atoms with E-state index in [0.29, 0.717) is 6.04 Å². The minimum atomic E-state index is 0.560. The van der Waals surface area contributed by atoms with Gasteiger partial charge >= 0.3 is 0 Å². The number of rotatable bonds is 1. The van der Waals surface area contributed by atoms with Crippen LogP contribution >= 0.6 is 0 Å². The van der Waals surface area contributed by atoms with Crippen molar-refractivity contribution in [3.63, 3.8) is 0 Å². The van der Waals surface area contributed by atoms with Crippen LogP contribution in [0.5, 0.6) is 0 Å². The van der Waals surface area contributed by atoms with Crippen LogP contribution in [0.3, 0.4) is 0 Å². The molecule has 1 aromatic rings. The molecule has 0 spiro atoms. The fraction of sp³-hybridized carbons (Fsp3) is 0.667. The predicted octanol–water partition coefficient (Wildman–Crippen LogP) is 1.95. The Morgan fingerprint density at radius 3 is 2.73 bits per heavy atom. The second-order valence-corrected chi connectivity index (χ2v) is 4.54. The van der Waals surface area contributed by atoms with Crippen molar-refractivity contribution in [1.29, 1.82) is 0 Å². The van der Waals surface area contributed by atoms with Gasteiger partial charge in [-0.25, -0.2) is 0 Å². The normalized spacial score (nSPS) is 26.5. The second-order valence-electron chi connectivity index (χ2n) is 4.54. The van der Waals surface area contributed by atoms with E-state index < -0.39 is 0 Å². The smallest absolute Gasteiger partial charge is 0.0790 e. The van der Waals surface area contributed by atoms with Crippen molar-refractivity contribution in [2.45, 2.75) is 38.1 Å². The summed E-state index contributed by atoms with van der Waals surface area (Å²) in [7, 11) is 0. The molecule has 1 fully saturated rings. The van der Waals surface area contributed by atoms with E-state index in [1.54, 1.807) is 0 Å². The van der Waals surface area contributed by atoms with Gasteiger partial charge in [0.05, 0.1) is 17.4 Å². The van der Waals surface area contributed by atoms with Crippen molar-refractivity contribution in [1.82, 2.24) is 14.9 Å². The van der Waals surface area contributed by atoms with Crippen LogP contribution in [0.2, 0.25) is 0 Å². The first-order chi connectivity index (χ1) is 7.45. The number of aromatic nitrogens is 2. The van der Waals surface area contributed by atoms with Crippen molar-refractivity contribution in [2.24, 2.45) is 0 Å². The average Bonchev–Trinajstić information content (AvgIpc) is 2.82. The molecule has 0 bridgehead atoms. The molecular formula is C12H17N3. The monoisotopic (exact) mass is 203 g/mol. The second kappa shape index (κ2) is 3.89. The van der Waals surface area contributed by atoms with E-state index in [1.807, 2.05) is 12.4 Å². The molecule has 0 N–H and O–H groups in total. The molecule has 1 saturated heterocycles. The summed E-state index contributed by atoms with van der Waals surface area (Å²) in [6.45, 7) is 2.50. The third-order valence-electron chi connectivity index (χ3n) is 3.59. The molecule has 0 aromatic carbocycles. The maximum absolute atomic E-state index is 4.54. The minimum absolute atomic E-state index is 0.560. The van der Waals surface area contributed by atoms with Gasteiger partial charge in [0.1, 0.15) is 0 Å². The molecule has 0 amide bonds. The molecule has 1 aliphatic heterocycles. The highest BCUT2D eigenvalue weighted by molar-refractivity contribution is 5.18. The Hall–Kier alpha value is -0.960. The highest BCUT2D eigenvalue weighted by Crippen LogP contribution is 2.33. The SMILES string of the molecule is c1cnc2c(n1)CCC[C@H]2N1CCCC1. The molecular weight excluding hydrogens is 186 g/mol. The number of hydrogen-bond donors (Lipinski definition) is 0. The zero-order valence-electron chi connectivity index (χ0n) is 9.02. The fourth-order valence-corrected chi connectivity index (χ4v) is 2.86. The molecule has 3 rings (SSSR count). The largest absolute Gasteiger partial charge is 0.295 e. The van der Waals surface area contributed by atoms with Crippen molar-refractivity contribution in [3.05, 3.63) is 23.8 Å². The van der Waals surface area contributed by atoms with Gasteiger partial charge < -0.3 is 0 Å². The lowest BCUT2D eigenvalue weighted by atomic mass is 9.94. The van der Waals surface area contributed by atoms with Gasteiger partial charge in [0.2, 0.25) is 0 Å². The summed E-state index contributed by atoms with van der Waals surface area (Å²) in [4.78, 5) is 11.6. The van der Waals surface area contributed by atoms with Crippen LogP contribution in [0.25, 0.3) is 0 Å². The summed E-state index contributed by atoms with van der Waals surface area (Å²) in [6, 6.07) is 0.560. The molecule has 1 aromatic heterocycles. The Morgan fingerprint density at radius 1 is 1.07 bits per heavy atom. The van der Waals surface area contributed by atoms with E-state index in [2.05, 4.69) is 14.9 Å². The number of likely N-dealkylation sites (tertiary alicyclic amines) is 1. The Balaban J connectivity index is 1.91. The summed E-state index contributed by atoms with van der Waals surface area (Å²) >= 11 is 0. The number of fused-ring (bicyclic) bond motifs is 1. The number of hydrogen-bond acceptors (Lipinski definition) is 3. The maximum atomic E-state index is 4.54. The van der Waals surface area contributed by atoms with E-state index in [1.165, 1.54) is 50.2 Å². The van der Waals surface area contributed by atoms with Crippen LogP contribution in [0, 0.1) is 0 Å². The fourth-order valence-electron chi connectivity index (χ4n) is 2.86. The molecule has 15 heavy (non-hydrogen) atoms. The molecule has 0 saturated carbocycles. The Labute approximate surface area is 90.5 Å². The van der Waals surface area contributed by atoms with Gasteiger partial charge in [-0.3, -0.25) is 14.9 Å². The first-order valence-electron chi connectivity index (χ1n) is 5.99. The molecule has 0 unspecified atom stereocenters. The third-order valence-corrected chi connectivity index (χ3v) is 3.59. The van der Waals surface area contributed by atoms with E-state index in [9.17, 15) is 0 Å². The van der Waals surface area contributed by atoms with Gasteiger partial charge in [-0.15, -0.1) is 0 Å².